The van der Waals surface area contributed by atoms with Gasteiger partial charge in [0.1, 0.15) is 5.60 Å². The molecule has 0 amide bonds. The van der Waals surface area contributed by atoms with Crippen molar-refractivity contribution in [3.63, 3.8) is 0 Å². The summed E-state index contributed by atoms with van der Waals surface area (Å²) in [5.74, 6) is 0.0808. The summed E-state index contributed by atoms with van der Waals surface area (Å²) in [6.45, 7) is 7.36. The van der Waals surface area contributed by atoms with Crippen LogP contribution in [0.1, 0.15) is 27.2 Å². The van der Waals surface area contributed by atoms with E-state index in [1.54, 1.807) is 0 Å². The Bertz CT molecular complexity index is 259. The van der Waals surface area contributed by atoms with E-state index in [0.717, 1.165) is 19.5 Å². The fourth-order valence-electron chi connectivity index (χ4n) is 2.19. The summed E-state index contributed by atoms with van der Waals surface area (Å²) in [6, 6.07) is 0. The molecule has 2 fully saturated rings. The summed E-state index contributed by atoms with van der Waals surface area (Å²) < 4.78 is 11.0. The maximum atomic E-state index is 11.8. The first kappa shape index (κ1) is 10.9. The summed E-state index contributed by atoms with van der Waals surface area (Å²) in [4.78, 5) is 11.8. The molecule has 86 valence electrons. The Morgan fingerprint density at radius 2 is 2.13 bits per heavy atom. The van der Waals surface area contributed by atoms with Crippen LogP contribution >= 0.6 is 0 Å². The van der Waals surface area contributed by atoms with Gasteiger partial charge in [-0.1, -0.05) is 0 Å². The first-order chi connectivity index (χ1) is 6.96. The summed E-state index contributed by atoms with van der Waals surface area (Å²) in [7, 11) is 0. The molecule has 2 heterocycles. The van der Waals surface area contributed by atoms with Gasteiger partial charge < -0.3 is 14.8 Å². The van der Waals surface area contributed by atoms with Gasteiger partial charge in [0.05, 0.1) is 6.10 Å². The molecule has 0 aliphatic carbocycles. The first-order valence-corrected chi connectivity index (χ1v) is 5.55. The molecule has 4 heteroatoms. The van der Waals surface area contributed by atoms with Crippen LogP contribution in [0.5, 0.6) is 0 Å². The zero-order valence-corrected chi connectivity index (χ0v) is 9.58. The first-order valence-electron chi connectivity index (χ1n) is 5.55. The molecule has 0 aromatic carbocycles. The summed E-state index contributed by atoms with van der Waals surface area (Å²) in [5.41, 5.74) is -0.426. The van der Waals surface area contributed by atoms with Crippen LogP contribution in [0.4, 0.5) is 0 Å². The third-order valence-electron chi connectivity index (χ3n) is 2.75. The second kappa shape index (κ2) is 3.76. The molecule has 3 atom stereocenters. The number of piperidine rings is 1. The predicted molar refractivity (Wildman–Crippen MR) is 55.5 cm³/mol. The normalized spacial score (nSPS) is 35.3. The number of rotatable bonds is 1. The maximum absolute atomic E-state index is 11.8. The molecule has 2 aliphatic rings. The average Bonchev–Trinajstić information content (AvgIpc) is 2.38. The van der Waals surface area contributed by atoms with Gasteiger partial charge in [0, 0.05) is 19.0 Å². The topological polar surface area (TPSA) is 47.6 Å². The minimum Gasteiger partial charge on any atom is -0.458 e. The Hall–Kier alpha value is -0.610. The van der Waals surface area contributed by atoms with Crippen LogP contribution in [-0.2, 0) is 14.3 Å². The van der Waals surface area contributed by atoms with Gasteiger partial charge in [-0.3, -0.25) is 0 Å². The van der Waals surface area contributed by atoms with Crippen molar-refractivity contribution >= 4 is 5.97 Å². The molecule has 15 heavy (non-hydrogen) atoms. The zero-order valence-electron chi connectivity index (χ0n) is 9.58. The minimum absolute atomic E-state index is 0.196. The van der Waals surface area contributed by atoms with E-state index in [4.69, 9.17) is 9.47 Å². The minimum atomic E-state index is -0.426. The zero-order chi connectivity index (χ0) is 11.1. The van der Waals surface area contributed by atoms with E-state index in [0.29, 0.717) is 5.92 Å². The van der Waals surface area contributed by atoms with Gasteiger partial charge in [0.2, 0.25) is 0 Å². The molecular weight excluding hydrogens is 194 g/mol. The Balaban J connectivity index is 1.96. The van der Waals surface area contributed by atoms with Crippen molar-refractivity contribution in [3.8, 4) is 0 Å². The van der Waals surface area contributed by atoms with Crippen molar-refractivity contribution in [2.24, 2.45) is 5.92 Å². The Kier molecular flexibility index (Phi) is 2.73. The second-order valence-corrected chi connectivity index (χ2v) is 5.37. The summed E-state index contributed by atoms with van der Waals surface area (Å²) >= 11 is 0. The number of ether oxygens (including phenoxy) is 2. The molecule has 2 aliphatic heterocycles. The van der Waals surface area contributed by atoms with E-state index in [-0.39, 0.29) is 18.2 Å². The van der Waals surface area contributed by atoms with Crippen molar-refractivity contribution in [3.05, 3.63) is 0 Å². The third-order valence-corrected chi connectivity index (χ3v) is 2.75. The Labute approximate surface area is 90.3 Å². The summed E-state index contributed by atoms with van der Waals surface area (Å²) in [6.07, 6.45) is 0.821. The predicted octanol–water partition coefficient (Wildman–Crippen LogP) is 0.705. The standard InChI is InChI=1S/C11H19NO3/c1-11(2,3)15-10(13)9-7-4-8(14-9)6-12-5-7/h7-9,12H,4-6H2,1-3H3/t7-,8+,9-/m1/s1. The number of esters is 1. The van der Waals surface area contributed by atoms with E-state index >= 15 is 0 Å². The smallest absolute Gasteiger partial charge is 0.336 e. The molecule has 0 aromatic heterocycles. The van der Waals surface area contributed by atoms with Gasteiger partial charge in [-0.05, 0) is 27.2 Å². The fraction of sp³-hybridized carbons (Fsp3) is 0.909. The monoisotopic (exact) mass is 213 g/mol. The molecular formula is C11H19NO3. The van der Waals surface area contributed by atoms with Crippen LogP contribution < -0.4 is 5.32 Å². The van der Waals surface area contributed by atoms with Gasteiger partial charge in [-0.15, -0.1) is 0 Å². The Morgan fingerprint density at radius 3 is 2.73 bits per heavy atom. The van der Waals surface area contributed by atoms with Crippen molar-refractivity contribution in [1.29, 1.82) is 0 Å². The van der Waals surface area contributed by atoms with Crippen LogP contribution in [0.25, 0.3) is 0 Å². The molecule has 0 spiro atoms. The number of carbonyl (C=O) groups excluding carboxylic acids is 1. The van der Waals surface area contributed by atoms with Crippen molar-refractivity contribution < 1.29 is 14.3 Å². The lowest BCUT2D eigenvalue weighted by atomic mass is 9.96. The quantitative estimate of drug-likeness (QED) is 0.651. The molecule has 0 aromatic rings. The van der Waals surface area contributed by atoms with E-state index in [1.165, 1.54) is 0 Å². The molecule has 4 nitrogen and oxygen atoms in total. The van der Waals surface area contributed by atoms with E-state index in [9.17, 15) is 4.79 Å². The highest BCUT2D eigenvalue weighted by Crippen LogP contribution is 2.30. The molecule has 0 saturated carbocycles. The van der Waals surface area contributed by atoms with Gasteiger partial charge in [0.25, 0.3) is 0 Å². The number of hydrogen-bond donors (Lipinski definition) is 1. The van der Waals surface area contributed by atoms with Gasteiger partial charge >= 0.3 is 5.97 Å². The van der Waals surface area contributed by atoms with Crippen LogP contribution in [-0.4, -0.2) is 36.9 Å². The van der Waals surface area contributed by atoms with Crippen molar-refractivity contribution in [1.82, 2.24) is 5.32 Å². The average molecular weight is 213 g/mol. The molecule has 2 saturated heterocycles. The van der Waals surface area contributed by atoms with Crippen LogP contribution in [0.3, 0.4) is 0 Å². The maximum Gasteiger partial charge on any atom is 0.336 e. The number of hydrogen-bond acceptors (Lipinski definition) is 4. The lowest BCUT2D eigenvalue weighted by Crippen LogP contribution is -2.38. The highest BCUT2D eigenvalue weighted by Gasteiger charge is 2.43. The number of fused-ring (bicyclic) bond motifs is 2. The summed E-state index contributed by atoms with van der Waals surface area (Å²) in [5, 5.41) is 3.26. The van der Waals surface area contributed by atoms with E-state index in [1.807, 2.05) is 20.8 Å². The van der Waals surface area contributed by atoms with Gasteiger partial charge in [0.15, 0.2) is 6.10 Å². The lowest BCUT2D eigenvalue weighted by Gasteiger charge is -2.23. The Morgan fingerprint density at radius 1 is 1.40 bits per heavy atom. The van der Waals surface area contributed by atoms with Crippen LogP contribution in [0.2, 0.25) is 0 Å². The van der Waals surface area contributed by atoms with Crippen molar-refractivity contribution in [2.75, 3.05) is 13.1 Å². The van der Waals surface area contributed by atoms with Gasteiger partial charge in [-0.2, -0.15) is 0 Å². The van der Waals surface area contributed by atoms with E-state index in [2.05, 4.69) is 5.32 Å². The molecule has 2 rings (SSSR count). The van der Waals surface area contributed by atoms with Crippen LogP contribution in [0, 0.1) is 5.92 Å². The van der Waals surface area contributed by atoms with Crippen molar-refractivity contribution in [2.45, 2.75) is 45.0 Å². The highest BCUT2D eigenvalue weighted by molar-refractivity contribution is 5.76. The molecule has 0 radical (unpaired) electrons. The fourth-order valence-corrected chi connectivity index (χ4v) is 2.19. The van der Waals surface area contributed by atoms with E-state index < -0.39 is 5.60 Å². The SMILES string of the molecule is CC(C)(C)OC(=O)[C@@H]1O[C@@H]2CNC[C@H]1C2. The lowest BCUT2D eigenvalue weighted by molar-refractivity contribution is -0.168. The molecule has 2 bridgehead atoms. The van der Waals surface area contributed by atoms with Crippen LogP contribution in [0.15, 0.2) is 0 Å². The highest BCUT2D eigenvalue weighted by atomic mass is 16.6. The molecule has 1 N–H and O–H groups in total. The van der Waals surface area contributed by atoms with Gasteiger partial charge in [-0.25, -0.2) is 4.79 Å². The number of nitrogens with one attached hydrogen (secondary N) is 1. The number of carbonyl (C=O) groups is 1. The second-order valence-electron chi connectivity index (χ2n) is 5.37. The molecule has 0 unspecified atom stereocenters. The largest absolute Gasteiger partial charge is 0.458 e. The third kappa shape index (κ3) is 2.49.